The number of nitrogens with zero attached hydrogens (tertiary/aromatic N) is 1. The topological polar surface area (TPSA) is 93.5 Å². The summed E-state index contributed by atoms with van der Waals surface area (Å²) < 4.78 is 5.39. The molecule has 0 saturated heterocycles. The number of benzene rings is 1. The minimum atomic E-state index is -0.834. The molecule has 7 nitrogen and oxygen atoms in total. The van der Waals surface area contributed by atoms with Gasteiger partial charge < -0.3 is 15.4 Å². The second-order valence-electron chi connectivity index (χ2n) is 4.38. The number of hydrogen-bond donors (Lipinski definition) is 2. The maximum Gasteiger partial charge on any atom is 0.311 e. The Labute approximate surface area is 123 Å². The molecule has 1 aromatic carbocycles. The minimum Gasteiger partial charge on any atom is -0.474 e. The van der Waals surface area contributed by atoms with E-state index in [1.807, 2.05) is 0 Å². The van der Waals surface area contributed by atoms with Crippen molar-refractivity contribution in [2.24, 2.45) is 0 Å². The van der Waals surface area contributed by atoms with Crippen molar-refractivity contribution >= 4 is 11.6 Å². The van der Waals surface area contributed by atoms with Crippen molar-refractivity contribution in [1.82, 2.24) is 10.6 Å². The van der Waals surface area contributed by atoms with Crippen LogP contribution in [0.4, 0.5) is 5.69 Å². The first kappa shape index (κ1) is 16.6. The zero-order valence-electron chi connectivity index (χ0n) is 12.1. The van der Waals surface area contributed by atoms with Gasteiger partial charge in [0.1, 0.15) is 0 Å². The number of hydrogen-bond acceptors (Lipinski definition) is 5. The maximum atomic E-state index is 11.7. The predicted molar refractivity (Wildman–Crippen MR) is 79.2 cm³/mol. The molecule has 0 fully saturated rings. The van der Waals surface area contributed by atoms with Crippen LogP contribution in [0.2, 0.25) is 0 Å². The van der Waals surface area contributed by atoms with Gasteiger partial charge in [0.05, 0.1) is 4.92 Å². The average molecular weight is 293 g/mol. The van der Waals surface area contributed by atoms with E-state index in [1.165, 1.54) is 19.1 Å². The quantitative estimate of drug-likeness (QED) is 0.429. The third-order valence-electron chi connectivity index (χ3n) is 2.69. The highest BCUT2D eigenvalue weighted by molar-refractivity contribution is 5.81. The summed E-state index contributed by atoms with van der Waals surface area (Å²) in [5, 5.41) is 16.6. The van der Waals surface area contributed by atoms with E-state index in [1.54, 1.807) is 19.2 Å². The van der Waals surface area contributed by atoms with Crippen molar-refractivity contribution in [3.05, 3.63) is 46.5 Å². The summed E-state index contributed by atoms with van der Waals surface area (Å²) in [4.78, 5) is 22.3. The minimum absolute atomic E-state index is 0.0705. The first-order valence-corrected chi connectivity index (χ1v) is 6.46. The van der Waals surface area contributed by atoms with Crippen LogP contribution in [0.15, 0.2) is 30.9 Å². The highest BCUT2D eigenvalue weighted by atomic mass is 16.6. The molecular formula is C14H19N3O4. The zero-order valence-corrected chi connectivity index (χ0v) is 12.1. The molecule has 0 spiro atoms. The fourth-order valence-corrected chi connectivity index (χ4v) is 1.68. The summed E-state index contributed by atoms with van der Waals surface area (Å²) in [6.07, 6.45) is 0.707. The fraction of sp³-hybridized carbons (Fsp3) is 0.357. The molecule has 2 N–H and O–H groups in total. The number of nitro groups is 1. The summed E-state index contributed by atoms with van der Waals surface area (Å²) >= 11 is 0. The largest absolute Gasteiger partial charge is 0.474 e. The lowest BCUT2D eigenvalue weighted by Crippen LogP contribution is -2.36. The number of rotatable bonds is 8. The van der Waals surface area contributed by atoms with E-state index < -0.39 is 11.0 Å². The van der Waals surface area contributed by atoms with Crippen LogP contribution < -0.4 is 15.4 Å². The average Bonchev–Trinajstić information content (AvgIpc) is 2.46. The molecule has 0 saturated carbocycles. The van der Waals surface area contributed by atoms with Gasteiger partial charge in [-0.15, -0.1) is 6.58 Å². The van der Waals surface area contributed by atoms with Crippen molar-refractivity contribution in [1.29, 1.82) is 0 Å². The van der Waals surface area contributed by atoms with Crippen molar-refractivity contribution in [2.75, 3.05) is 13.6 Å². The van der Waals surface area contributed by atoms with Crippen LogP contribution >= 0.6 is 0 Å². The molecule has 114 valence electrons. The van der Waals surface area contributed by atoms with Crippen molar-refractivity contribution in [2.45, 2.75) is 19.6 Å². The summed E-state index contributed by atoms with van der Waals surface area (Å²) in [6, 6.07) is 4.65. The molecule has 1 unspecified atom stereocenters. The van der Waals surface area contributed by atoms with Gasteiger partial charge in [-0.1, -0.05) is 12.1 Å². The number of amides is 1. The van der Waals surface area contributed by atoms with Crippen molar-refractivity contribution in [3.8, 4) is 5.75 Å². The molecular weight excluding hydrogens is 274 g/mol. The number of ether oxygens (including phenoxy) is 1. The fourth-order valence-electron chi connectivity index (χ4n) is 1.68. The SMILES string of the molecule is C=CCNC(=O)C(C)Oc1ccc(CNC)cc1[N+](=O)[O-]. The van der Waals surface area contributed by atoms with E-state index in [9.17, 15) is 14.9 Å². The van der Waals surface area contributed by atoms with Gasteiger partial charge in [-0.25, -0.2) is 0 Å². The maximum absolute atomic E-state index is 11.7. The van der Waals surface area contributed by atoms with Gasteiger partial charge in [0.2, 0.25) is 0 Å². The van der Waals surface area contributed by atoms with Crippen LogP contribution in [0.25, 0.3) is 0 Å². The van der Waals surface area contributed by atoms with E-state index in [0.717, 1.165) is 5.56 Å². The smallest absolute Gasteiger partial charge is 0.311 e. The molecule has 21 heavy (non-hydrogen) atoms. The molecule has 0 aliphatic carbocycles. The first-order valence-electron chi connectivity index (χ1n) is 6.46. The van der Waals surface area contributed by atoms with Gasteiger partial charge in [-0.3, -0.25) is 14.9 Å². The summed E-state index contributed by atoms with van der Waals surface area (Å²) in [6.45, 7) is 5.85. The van der Waals surface area contributed by atoms with E-state index in [4.69, 9.17) is 4.74 Å². The number of carbonyl (C=O) groups excluding carboxylic acids is 1. The van der Waals surface area contributed by atoms with E-state index in [0.29, 0.717) is 13.1 Å². The molecule has 7 heteroatoms. The Kier molecular flexibility index (Phi) is 6.35. The molecule has 0 aromatic heterocycles. The summed E-state index contributed by atoms with van der Waals surface area (Å²) in [7, 11) is 1.75. The Morgan fingerprint density at radius 2 is 2.29 bits per heavy atom. The Bertz CT molecular complexity index is 531. The van der Waals surface area contributed by atoms with Crippen molar-refractivity contribution in [3.63, 3.8) is 0 Å². The molecule has 0 aliphatic heterocycles. The van der Waals surface area contributed by atoms with Gasteiger partial charge >= 0.3 is 5.69 Å². The van der Waals surface area contributed by atoms with Crippen LogP contribution in [-0.4, -0.2) is 30.5 Å². The molecule has 0 heterocycles. The predicted octanol–water partition coefficient (Wildman–Crippen LogP) is 1.38. The number of nitrogens with one attached hydrogen (secondary N) is 2. The summed E-state index contributed by atoms with van der Waals surface area (Å²) in [5.41, 5.74) is 0.603. The van der Waals surface area contributed by atoms with Crippen molar-refractivity contribution < 1.29 is 14.5 Å². The molecule has 1 rings (SSSR count). The van der Waals surface area contributed by atoms with Crippen LogP contribution in [0, 0.1) is 10.1 Å². The number of nitro benzene ring substituents is 1. The second kappa shape index (κ2) is 8.01. The van der Waals surface area contributed by atoms with Crippen LogP contribution in [0.5, 0.6) is 5.75 Å². The standard InChI is InChI=1S/C14H19N3O4/c1-4-7-16-14(18)10(2)21-13-6-5-11(9-15-3)8-12(13)17(19)20/h4-6,8,10,15H,1,7,9H2,2-3H3,(H,16,18). The van der Waals surface area contributed by atoms with Gasteiger partial charge in [0.25, 0.3) is 5.91 Å². The second-order valence-corrected chi connectivity index (χ2v) is 4.38. The Morgan fingerprint density at radius 1 is 1.57 bits per heavy atom. The Balaban J connectivity index is 2.89. The Hall–Kier alpha value is -2.41. The molecule has 1 amide bonds. The highest BCUT2D eigenvalue weighted by Gasteiger charge is 2.21. The molecule has 0 radical (unpaired) electrons. The van der Waals surface area contributed by atoms with E-state index >= 15 is 0 Å². The Morgan fingerprint density at radius 3 is 2.86 bits per heavy atom. The summed E-state index contributed by atoms with van der Waals surface area (Å²) in [5.74, 6) is -0.287. The lowest BCUT2D eigenvalue weighted by molar-refractivity contribution is -0.386. The zero-order chi connectivity index (χ0) is 15.8. The third-order valence-corrected chi connectivity index (χ3v) is 2.69. The van der Waals surface area contributed by atoms with Gasteiger partial charge in [-0.2, -0.15) is 0 Å². The molecule has 0 bridgehead atoms. The first-order chi connectivity index (χ1) is 9.99. The normalized spacial score (nSPS) is 11.5. The van der Waals surface area contributed by atoms with Crippen LogP contribution in [0.3, 0.4) is 0 Å². The van der Waals surface area contributed by atoms with E-state index in [-0.39, 0.29) is 17.3 Å². The van der Waals surface area contributed by atoms with Gasteiger partial charge in [0.15, 0.2) is 11.9 Å². The molecule has 0 aliphatic rings. The van der Waals surface area contributed by atoms with Gasteiger partial charge in [0, 0.05) is 19.2 Å². The van der Waals surface area contributed by atoms with Gasteiger partial charge in [-0.05, 0) is 25.6 Å². The van der Waals surface area contributed by atoms with Crippen LogP contribution in [0.1, 0.15) is 12.5 Å². The lowest BCUT2D eigenvalue weighted by atomic mass is 10.2. The van der Waals surface area contributed by atoms with Crippen LogP contribution in [-0.2, 0) is 11.3 Å². The van der Waals surface area contributed by atoms with E-state index in [2.05, 4.69) is 17.2 Å². The number of carbonyl (C=O) groups is 1. The monoisotopic (exact) mass is 293 g/mol. The highest BCUT2D eigenvalue weighted by Crippen LogP contribution is 2.28. The molecule has 1 aromatic rings. The lowest BCUT2D eigenvalue weighted by Gasteiger charge is -2.14. The third kappa shape index (κ3) is 4.88. The molecule has 1 atom stereocenters.